The zero-order chi connectivity index (χ0) is 24.2. The minimum atomic E-state index is -0.491. The zero-order valence-corrected chi connectivity index (χ0v) is 20.0. The van der Waals surface area contributed by atoms with Gasteiger partial charge in [-0.1, -0.05) is 26.8 Å². The molecule has 0 saturated heterocycles. The van der Waals surface area contributed by atoms with Crippen LogP contribution in [0.3, 0.4) is 0 Å². The van der Waals surface area contributed by atoms with Crippen molar-refractivity contribution in [3.05, 3.63) is 53.7 Å². The Hall–Kier alpha value is -3.55. The van der Waals surface area contributed by atoms with Crippen molar-refractivity contribution in [1.82, 2.24) is 15.3 Å². The molecule has 0 saturated carbocycles. The maximum Gasteiger partial charge on any atom is 0.255 e. The Morgan fingerprint density at radius 3 is 2.82 bits per heavy atom. The van der Waals surface area contributed by atoms with E-state index in [1.54, 1.807) is 24.5 Å². The number of para-hydroxylation sites is 1. The number of benzene rings is 1. The molecule has 3 heterocycles. The van der Waals surface area contributed by atoms with E-state index in [1.807, 2.05) is 6.07 Å². The van der Waals surface area contributed by atoms with Crippen LogP contribution in [-0.4, -0.2) is 36.1 Å². The highest BCUT2D eigenvalue weighted by Crippen LogP contribution is 2.42. The van der Waals surface area contributed by atoms with E-state index in [4.69, 9.17) is 9.47 Å². The largest absolute Gasteiger partial charge is 0.492 e. The highest BCUT2D eigenvalue weighted by atomic mass is 19.1. The number of aromatic amines is 1. The Labute approximate surface area is 199 Å². The molecule has 0 aliphatic carbocycles. The second-order valence-electron chi connectivity index (χ2n) is 8.91. The number of H-pyrrole nitrogens is 1. The third-order valence-electron chi connectivity index (χ3n) is 6.42. The number of ether oxygens (including phenoxy) is 2. The standard InChI is InChI=1S/C26H31FN4O3/c1-15(2)16(3)10-13-34-21-14-28-11-8-17(21)23-24(22-19(30-23)9-12-29-26(22)32)31-20-7-5-6-18(27)25(20)33-4/h5-8,11,14-16,30-31H,9-10,12-13H2,1-4H3,(H,29,32). The van der Waals surface area contributed by atoms with Gasteiger partial charge in [-0.05, 0) is 36.5 Å². The van der Waals surface area contributed by atoms with E-state index >= 15 is 0 Å². The average Bonchev–Trinajstić information content (AvgIpc) is 3.18. The SMILES string of the molecule is COc1c(F)cccc1Nc1c(-c2ccncc2OCCC(C)C(C)C)[nH]c2c1C(=O)NCC2. The molecule has 1 aromatic carbocycles. The Balaban J connectivity index is 1.75. The first-order chi connectivity index (χ1) is 16.4. The van der Waals surface area contributed by atoms with Gasteiger partial charge in [-0.2, -0.15) is 0 Å². The van der Waals surface area contributed by atoms with Crippen LogP contribution >= 0.6 is 0 Å². The number of hydrogen-bond donors (Lipinski definition) is 3. The van der Waals surface area contributed by atoms with Crippen molar-refractivity contribution in [1.29, 1.82) is 0 Å². The van der Waals surface area contributed by atoms with Gasteiger partial charge in [0.15, 0.2) is 11.6 Å². The third kappa shape index (κ3) is 4.71. The molecule has 1 atom stereocenters. The van der Waals surface area contributed by atoms with Crippen LogP contribution in [0.1, 0.15) is 43.2 Å². The minimum Gasteiger partial charge on any atom is -0.492 e. The summed E-state index contributed by atoms with van der Waals surface area (Å²) < 4.78 is 25.8. The highest BCUT2D eigenvalue weighted by molar-refractivity contribution is 6.06. The first-order valence-corrected chi connectivity index (χ1v) is 11.6. The smallest absolute Gasteiger partial charge is 0.255 e. The van der Waals surface area contributed by atoms with Crippen LogP contribution in [0, 0.1) is 17.7 Å². The summed E-state index contributed by atoms with van der Waals surface area (Å²) in [5.41, 5.74) is 3.74. The summed E-state index contributed by atoms with van der Waals surface area (Å²) >= 11 is 0. The number of amides is 1. The number of nitrogens with one attached hydrogen (secondary N) is 3. The summed E-state index contributed by atoms with van der Waals surface area (Å²) in [6.45, 7) is 7.71. The van der Waals surface area contributed by atoms with Gasteiger partial charge in [0.25, 0.3) is 5.91 Å². The van der Waals surface area contributed by atoms with Crippen LogP contribution < -0.4 is 20.1 Å². The van der Waals surface area contributed by atoms with E-state index in [1.165, 1.54) is 13.2 Å². The molecular formula is C26H31FN4O3. The van der Waals surface area contributed by atoms with Crippen molar-refractivity contribution in [2.75, 3.05) is 25.6 Å². The number of carbonyl (C=O) groups excluding carboxylic acids is 1. The number of nitrogens with zero attached hydrogens (tertiary/aromatic N) is 1. The number of carbonyl (C=O) groups is 1. The van der Waals surface area contributed by atoms with Crippen LogP contribution in [0.25, 0.3) is 11.3 Å². The van der Waals surface area contributed by atoms with Gasteiger partial charge in [-0.15, -0.1) is 0 Å². The molecule has 3 N–H and O–H groups in total. The molecule has 1 aliphatic heterocycles. The maximum atomic E-state index is 14.4. The molecule has 1 amide bonds. The van der Waals surface area contributed by atoms with E-state index < -0.39 is 5.82 Å². The van der Waals surface area contributed by atoms with Gasteiger partial charge in [0.2, 0.25) is 0 Å². The van der Waals surface area contributed by atoms with E-state index in [2.05, 4.69) is 41.4 Å². The first-order valence-electron chi connectivity index (χ1n) is 11.6. The average molecular weight is 467 g/mol. The van der Waals surface area contributed by atoms with Crippen molar-refractivity contribution >= 4 is 17.3 Å². The molecule has 0 fully saturated rings. The van der Waals surface area contributed by atoms with Gasteiger partial charge in [0, 0.05) is 30.4 Å². The quantitative estimate of drug-likeness (QED) is 0.398. The van der Waals surface area contributed by atoms with Gasteiger partial charge in [0.1, 0.15) is 5.75 Å². The van der Waals surface area contributed by atoms with Crippen molar-refractivity contribution < 1.29 is 18.7 Å². The maximum absolute atomic E-state index is 14.4. The van der Waals surface area contributed by atoms with Crippen molar-refractivity contribution in [3.63, 3.8) is 0 Å². The van der Waals surface area contributed by atoms with Crippen molar-refractivity contribution in [2.24, 2.45) is 11.8 Å². The van der Waals surface area contributed by atoms with Gasteiger partial charge in [-0.25, -0.2) is 4.39 Å². The van der Waals surface area contributed by atoms with E-state index in [0.717, 1.165) is 17.7 Å². The molecule has 0 radical (unpaired) electrons. The summed E-state index contributed by atoms with van der Waals surface area (Å²) in [6.07, 6.45) is 4.94. The van der Waals surface area contributed by atoms with Crippen LogP contribution in [0.4, 0.5) is 15.8 Å². The van der Waals surface area contributed by atoms with Crippen LogP contribution in [0.5, 0.6) is 11.5 Å². The van der Waals surface area contributed by atoms with Gasteiger partial charge < -0.3 is 25.1 Å². The van der Waals surface area contributed by atoms with E-state index in [9.17, 15) is 9.18 Å². The van der Waals surface area contributed by atoms with Crippen molar-refractivity contribution in [3.8, 4) is 22.8 Å². The molecule has 4 rings (SSSR count). The number of methoxy groups -OCH3 is 1. The van der Waals surface area contributed by atoms with Crippen LogP contribution in [0.15, 0.2) is 36.7 Å². The van der Waals surface area contributed by atoms with Gasteiger partial charge >= 0.3 is 0 Å². The molecule has 8 heteroatoms. The Bertz CT molecular complexity index is 1170. The molecular weight excluding hydrogens is 435 g/mol. The first kappa shape index (κ1) is 23.6. The molecule has 180 valence electrons. The fourth-order valence-corrected chi connectivity index (χ4v) is 4.05. The Morgan fingerprint density at radius 1 is 1.24 bits per heavy atom. The molecule has 34 heavy (non-hydrogen) atoms. The normalized spacial score (nSPS) is 13.9. The summed E-state index contributed by atoms with van der Waals surface area (Å²) in [7, 11) is 1.41. The van der Waals surface area contributed by atoms with Gasteiger partial charge in [0.05, 0.1) is 42.5 Å². The minimum absolute atomic E-state index is 0.0773. The topological polar surface area (TPSA) is 88.3 Å². The van der Waals surface area contributed by atoms with E-state index in [-0.39, 0.29) is 11.7 Å². The van der Waals surface area contributed by atoms with Crippen molar-refractivity contribution in [2.45, 2.75) is 33.6 Å². The number of halogens is 1. The number of hydrogen-bond acceptors (Lipinski definition) is 5. The molecule has 0 bridgehead atoms. The number of rotatable bonds is 9. The lowest BCUT2D eigenvalue weighted by Gasteiger charge is -2.18. The fourth-order valence-electron chi connectivity index (χ4n) is 4.05. The molecule has 2 aromatic heterocycles. The molecule has 3 aromatic rings. The van der Waals surface area contributed by atoms with Gasteiger partial charge in [-0.3, -0.25) is 9.78 Å². The van der Waals surface area contributed by atoms with E-state index in [0.29, 0.717) is 59.8 Å². The lowest BCUT2D eigenvalue weighted by atomic mass is 9.95. The summed E-state index contributed by atoms with van der Waals surface area (Å²) in [5.74, 6) is 1.11. The number of fused-ring (bicyclic) bond motifs is 1. The zero-order valence-electron chi connectivity index (χ0n) is 20.0. The molecule has 7 nitrogen and oxygen atoms in total. The monoisotopic (exact) mass is 466 g/mol. The second kappa shape index (κ2) is 10.2. The third-order valence-corrected chi connectivity index (χ3v) is 6.42. The summed E-state index contributed by atoms with van der Waals surface area (Å²) in [6, 6.07) is 6.49. The molecule has 1 aliphatic rings. The predicted octanol–water partition coefficient (Wildman–Crippen LogP) is 5.31. The highest BCUT2D eigenvalue weighted by Gasteiger charge is 2.29. The fraction of sp³-hybridized carbons (Fsp3) is 0.385. The lowest BCUT2D eigenvalue weighted by Crippen LogP contribution is -2.31. The predicted molar refractivity (Wildman–Crippen MR) is 130 cm³/mol. The van der Waals surface area contributed by atoms with Crippen LogP contribution in [0.2, 0.25) is 0 Å². The molecule has 0 spiro atoms. The molecule has 1 unspecified atom stereocenters. The van der Waals surface area contributed by atoms with Crippen LogP contribution in [-0.2, 0) is 6.42 Å². The Morgan fingerprint density at radius 2 is 2.06 bits per heavy atom. The summed E-state index contributed by atoms with van der Waals surface area (Å²) in [5, 5.41) is 6.15. The lowest BCUT2D eigenvalue weighted by molar-refractivity contribution is 0.0947. The Kier molecular flexibility index (Phi) is 7.05. The number of anilines is 2. The second-order valence-corrected chi connectivity index (χ2v) is 8.91. The number of aromatic nitrogens is 2. The number of pyridine rings is 1. The summed E-state index contributed by atoms with van der Waals surface area (Å²) in [4.78, 5) is 20.5.